The van der Waals surface area contributed by atoms with Gasteiger partial charge in [0.1, 0.15) is 16.3 Å². The number of para-hydroxylation sites is 1. The molecule has 0 spiro atoms. The summed E-state index contributed by atoms with van der Waals surface area (Å²) in [6.45, 7) is 2.39. The van der Waals surface area contributed by atoms with Gasteiger partial charge in [-0.05, 0) is 13.0 Å². The Morgan fingerprint density at radius 2 is 1.83 bits per heavy atom. The second kappa shape index (κ2) is 9.99. The molecule has 8 nitrogen and oxygen atoms in total. The molecule has 2 aromatic carbocycles. The van der Waals surface area contributed by atoms with Crippen molar-refractivity contribution in [3.63, 3.8) is 0 Å². The molecule has 0 unspecified atom stereocenters. The summed E-state index contributed by atoms with van der Waals surface area (Å²) in [4.78, 5) is 39.8. The van der Waals surface area contributed by atoms with Gasteiger partial charge in [0.15, 0.2) is 4.34 Å². The van der Waals surface area contributed by atoms with E-state index < -0.39 is 10.8 Å². The summed E-state index contributed by atoms with van der Waals surface area (Å²) in [5, 5.41) is 17.2. The Bertz CT molecular complexity index is 1070. The number of aromatic nitrogens is 1. The Balaban J connectivity index is 1.90. The lowest BCUT2D eigenvalue weighted by atomic mass is 10.1. The van der Waals surface area contributed by atoms with Crippen molar-refractivity contribution in [2.75, 3.05) is 17.6 Å². The molecule has 0 radical (unpaired) electrons. The maximum Gasteiger partial charge on any atom is 0.282 e. The first-order valence-corrected chi connectivity index (χ1v) is 10.8. The van der Waals surface area contributed by atoms with Crippen molar-refractivity contribution in [3.05, 3.63) is 70.3 Å². The smallest absolute Gasteiger partial charge is 0.282 e. The number of nitrogens with one attached hydrogen (secondary N) is 2. The van der Waals surface area contributed by atoms with Crippen molar-refractivity contribution in [2.45, 2.75) is 11.3 Å². The van der Waals surface area contributed by atoms with Crippen LogP contribution in [0.5, 0.6) is 0 Å². The highest BCUT2D eigenvalue weighted by molar-refractivity contribution is 8.01. The van der Waals surface area contributed by atoms with Crippen molar-refractivity contribution in [1.82, 2.24) is 10.3 Å². The van der Waals surface area contributed by atoms with Crippen LogP contribution in [0, 0.1) is 10.1 Å². The lowest BCUT2D eigenvalue weighted by Crippen LogP contribution is -2.24. The molecule has 0 bridgehead atoms. The molecule has 1 aromatic heterocycles. The van der Waals surface area contributed by atoms with Crippen molar-refractivity contribution >= 4 is 45.6 Å². The third-order valence-electron chi connectivity index (χ3n) is 3.93. The van der Waals surface area contributed by atoms with Gasteiger partial charge < -0.3 is 10.6 Å². The van der Waals surface area contributed by atoms with Gasteiger partial charge in [-0.2, -0.15) is 0 Å². The van der Waals surface area contributed by atoms with E-state index in [-0.39, 0.29) is 22.9 Å². The highest BCUT2D eigenvalue weighted by Crippen LogP contribution is 2.38. The normalized spacial score (nSPS) is 10.4. The largest absolute Gasteiger partial charge is 0.356 e. The molecule has 0 fully saturated rings. The Kier molecular flexibility index (Phi) is 7.15. The summed E-state index contributed by atoms with van der Waals surface area (Å²) in [7, 11) is 0. The summed E-state index contributed by atoms with van der Waals surface area (Å²) in [6.07, 6.45) is 0. The van der Waals surface area contributed by atoms with Gasteiger partial charge in [-0.3, -0.25) is 19.7 Å². The third kappa shape index (κ3) is 5.22. The summed E-state index contributed by atoms with van der Waals surface area (Å²) >= 11 is 2.49. The number of thiazole rings is 1. The molecule has 0 atom stereocenters. The first-order valence-electron chi connectivity index (χ1n) is 9.00. The van der Waals surface area contributed by atoms with Crippen LogP contribution in [0.15, 0.2) is 58.9 Å². The van der Waals surface area contributed by atoms with Gasteiger partial charge in [0.2, 0.25) is 5.91 Å². The topological polar surface area (TPSA) is 114 Å². The molecule has 30 heavy (non-hydrogen) atoms. The van der Waals surface area contributed by atoms with Gasteiger partial charge in [-0.25, -0.2) is 4.98 Å². The van der Waals surface area contributed by atoms with Crippen molar-refractivity contribution in [2.24, 2.45) is 0 Å². The minimum absolute atomic E-state index is 0.0357. The van der Waals surface area contributed by atoms with Crippen molar-refractivity contribution in [3.8, 4) is 11.3 Å². The van der Waals surface area contributed by atoms with Crippen molar-refractivity contribution in [1.29, 1.82) is 0 Å². The Morgan fingerprint density at radius 3 is 2.53 bits per heavy atom. The van der Waals surface area contributed by atoms with E-state index in [2.05, 4.69) is 15.6 Å². The number of anilines is 1. The Labute approximate surface area is 180 Å². The fourth-order valence-corrected chi connectivity index (χ4v) is 4.50. The number of carbonyl (C=O) groups is 2. The van der Waals surface area contributed by atoms with Gasteiger partial charge in [-0.15, -0.1) is 0 Å². The molecule has 0 saturated carbocycles. The molecule has 1 heterocycles. The number of carbonyl (C=O) groups excluding carboxylic acids is 2. The predicted molar refractivity (Wildman–Crippen MR) is 118 cm³/mol. The number of thioether (sulfide) groups is 1. The van der Waals surface area contributed by atoms with E-state index in [9.17, 15) is 19.7 Å². The maximum atomic E-state index is 12.8. The standard InChI is InChI=1S/C20H18N4O4S2/c1-2-21-16(25)12-29-20-22-17(13-8-4-3-5-9-13)19(30-20)23-18(26)14-10-6-7-11-15(14)24(27)28/h3-11H,2,12H2,1H3,(H,21,25)(H,23,26). The third-order valence-corrected chi connectivity index (χ3v) is 6.04. The summed E-state index contributed by atoms with van der Waals surface area (Å²) in [5.74, 6) is -0.500. The van der Waals surface area contributed by atoms with Crippen LogP contribution in [-0.4, -0.2) is 34.0 Å². The summed E-state index contributed by atoms with van der Waals surface area (Å²) in [6, 6.07) is 15.0. The van der Waals surface area contributed by atoms with Gasteiger partial charge in [0, 0.05) is 18.2 Å². The number of nitro groups is 1. The monoisotopic (exact) mass is 442 g/mol. The minimum atomic E-state index is -0.594. The molecule has 0 aliphatic rings. The molecule has 154 valence electrons. The molecule has 2 amide bonds. The van der Waals surface area contributed by atoms with Crippen LogP contribution in [0.1, 0.15) is 17.3 Å². The van der Waals surface area contributed by atoms with E-state index in [1.165, 1.54) is 41.3 Å². The zero-order valence-corrected chi connectivity index (χ0v) is 17.6. The minimum Gasteiger partial charge on any atom is -0.356 e. The molecule has 2 N–H and O–H groups in total. The molecule has 0 saturated heterocycles. The number of nitro benzene ring substituents is 1. The average Bonchev–Trinajstić information content (AvgIpc) is 3.15. The lowest BCUT2D eigenvalue weighted by molar-refractivity contribution is -0.385. The molecule has 0 aliphatic heterocycles. The fraction of sp³-hybridized carbons (Fsp3) is 0.150. The van der Waals surface area contributed by atoms with Crippen LogP contribution in [0.3, 0.4) is 0 Å². The quantitative estimate of drug-likeness (QED) is 0.307. The number of rotatable bonds is 8. The van der Waals surface area contributed by atoms with Gasteiger partial charge in [0.05, 0.1) is 10.7 Å². The molecular weight excluding hydrogens is 424 g/mol. The highest BCUT2D eigenvalue weighted by Gasteiger charge is 2.22. The fourth-order valence-electron chi connectivity index (χ4n) is 2.61. The van der Waals surface area contributed by atoms with Crippen LogP contribution < -0.4 is 10.6 Å². The number of hydrogen-bond acceptors (Lipinski definition) is 7. The number of hydrogen-bond donors (Lipinski definition) is 2. The van der Waals surface area contributed by atoms with Crippen molar-refractivity contribution < 1.29 is 14.5 Å². The van der Waals surface area contributed by atoms with Crippen LogP contribution >= 0.6 is 23.1 Å². The second-order valence-corrected chi connectivity index (χ2v) is 8.22. The van der Waals surface area contributed by atoms with Gasteiger partial charge >= 0.3 is 0 Å². The predicted octanol–water partition coefficient (Wildman–Crippen LogP) is 4.20. The lowest BCUT2D eigenvalue weighted by Gasteiger charge is -2.06. The van der Waals surface area contributed by atoms with E-state index in [1.54, 1.807) is 6.07 Å². The van der Waals surface area contributed by atoms with E-state index >= 15 is 0 Å². The van der Waals surface area contributed by atoms with E-state index in [1.807, 2.05) is 37.3 Å². The van der Waals surface area contributed by atoms with Crippen LogP contribution in [-0.2, 0) is 4.79 Å². The van der Waals surface area contributed by atoms with Gasteiger partial charge in [-0.1, -0.05) is 65.6 Å². The van der Waals surface area contributed by atoms with Crippen LogP contribution in [0.4, 0.5) is 10.7 Å². The van der Waals surface area contributed by atoms with Crippen LogP contribution in [0.25, 0.3) is 11.3 Å². The number of benzene rings is 2. The second-order valence-electron chi connectivity index (χ2n) is 5.99. The molecule has 0 aliphatic carbocycles. The van der Waals surface area contributed by atoms with E-state index in [0.717, 1.165) is 5.56 Å². The summed E-state index contributed by atoms with van der Waals surface area (Å²) in [5.41, 5.74) is 1.03. The van der Waals surface area contributed by atoms with E-state index in [4.69, 9.17) is 0 Å². The SMILES string of the molecule is CCNC(=O)CSc1nc(-c2ccccc2)c(NC(=O)c2ccccc2[N+](=O)[O-])s1. The van der Waals surface area contributed by atoms with Crippen LogP contribution in [0.2, 0.25) is 0 Å². The highest BCUT2D eigenvalue weighted by atomic mass is 32.2. The molecule has 3 rings (SSSR count). The zero-order chi connectivity index (χ0) is 21.5. The maximum absolute atomic E-state index is 12.8. The first kappa shape index (κ1) is 21.5. The summed E-state index contributed by atoms with van der Waals surface area (Å²) < 4.78 is 0.609. The Hall–Kier alpha value is -3.24. The van der Waals surface area contributed by atoms with E-state index in [0.29, 0.717) is 21.6 Å². The zero-order valence-electron chi connectivity index (χ0n) is 16.0. The number of nitrogens with zero attached hydrogens (tertiary/aromatic N) is 2. The Morgan fingerprint density at radius 1 is 1.13 bits per heavy atom. The van der Waals surface area contributed by atoms with Gasteiger partial charge in [0.25, 0.3) is 11.6 Å². The molecule has 3 aromatic rings. The average molecular weight is 443 g/mol. The first-order chi connectivity index (χ1) is 14.5. The number of amides is 2. The molecule has 10 heteroatoms. The molecular formula is C20H18N4O4S2.